The lowest BCUT2D eigenvalue weighted by Crippen LogP contribution is -2.24. The van der Waals surface area contributed by atoms with E-state index in [0.717, 1.165) is 5.56 Å². The smallest absolute Gasteiger partial charge is 0.251 e. The summed E-state index contributed by atoms with van der Waals surface area (Å²) in [4.78, 5) is 23.7. The molecule has 5 heteroatoms. The molecule has 114 valence electrons. The Hall–Kier alpha value is -1.88. The molecule has 1 aromatic rings. The van der Waals surface area contributed by atoms with Crippen LogP contribution in [0.5, 0.6) is 0 Å². The van der Waals surface area contributed by atoms with Crippen LogP contribution in [-0.4, -0.2) is 30.9 Å². The van der Waals surface area contributed by atoms with Crippen LogP contribution in [0.4, 0.5) is 5.69 Å². The number of hydrogen-bond acceptors (Lipinski definition) is 3. The summed E-state index contributed by atoms with van der Waals surface area (Å²) in [5.74, 6) is -0.150. The van der Waals surface area contributed by atoms with Gasteiger partial charge in [0.15, 0.2) is 0 Å². The van der Waals surface area contributed by atoms with Crippen LogP contribution in [-0.2, 0) is 4.79 Å². The molecule has 2 amide bonds. The van der Waals surface area contributed by atoms with Gasteiger partial charge in [-0.1, -0.05) is 6.07 Å². The van der Waals surface area contributed by atoms with Crippen molar-refractivity contribution in [3.05, 3.63) is 29.3 Å². The third kappa shape index (κ3) is 4.86. The van der Waals surface area contributed by atoms with E-state index >= 15 is 0 Å². The Bertz CT molecular complexity index is 524. The normalized spacial score (nSPS) is 13.8. The van der Waals surface area contributed by atoms with Gasteiger partial charge in [-0.15, -0.1) is 0 Å². The molecule has 3 N–H and O–H groups in total. The van der Waals surface area contributed by atoms with Crippen LogP contribution in [0.1, 0.15) is 42.1 Å². The van der Waals surface area contributed by atoms with E-state index in [-0.39, 0.29) is 11.8 Å². The van der Waals surface area contributed by atoms with Crippen molar-refractivity contribution in [1.82, 2.24) is 10.6 Å². The predicted octanol–water partition coefficient (Wildman–Crippen LogP) is 1.83. The highest BCUT2D eigenvalue weighted by Crippen LogP contribution is 2.19. The first-order chi connectivity index (χ1) is 10.1. The van der Waals surface area contributed by atoms with Gasteiger partial charge in [-0.2, -0.15) is 0 Å². The number of amides is 2. The fourth-order valence-corrected chi connectivity index (χ4v) is 2.05. The Morgan fingerprint density at radius 2 is 2.05 bits per heavy atom. The fourth-order valence-electron chi connectivity index (χ4n) is 2.05. The summed E-state index contributed by atoms with van der Waals surface area (Å²) in [5, 5.41) is 8.95. The lowest BCUT2D eigenvalue weighted by molar-refractivity contribution is -0.116. The number of carbonyl (C=O) groups is 2. The Kier molecular flexibility index (Phi) is 5.33. The Labute approximate surface area is 125 Å². The van der Waals surface area contributed by atoms with Crippen LogP contribution in [0.15, 0.2) is 18.2 Å². The molecule has 1 aromatic carbocycles. The molecule has 0 aromatic heterocycles. The van der Waals surface area contributed by atoms with E-state index in [0.29, 0.717) is 36.8 Å². The molecule has 1 aliphatic carbocycles. The first-order valence-corrected chi connectivity index (χ1v) is 7.52. The maximum Gasteiger partial charge on any atom is 0.251 e. The molecule has 0 unspecified atom stereocenters. The first kappa shape index (κ1) is 15.5. The summed E-state index contributed by atoms with van der Waals surface area (Å²) in [7, 11) is 0. The summed E-state index contributed by atoms with van der Waals surface area (Å²) in [5.41, 5.74) is 2.22. The van der Waals surface area contributed by atoms with Crippen molar-refractivity contribution in [3.63, 3.8) is 0 Å². The van der Waals surface area contributed by atoms with Crippen LogP contribution < -0.4 is 16.0 Å². The van der Waals surface area contributed by atoms with Gasteiger partial charge in [0.1, 0.15) is 0 Å². The number of rotatable bonds is 7. The van der Waals surface area contributed by atoms with E-state index in [1.54, 1.807) is 12.1 Å². The maximum absolute atomic E-state index is 11.9. The number of carbonyl (C=O) groups excluding carboxylic acids is 2. The summed E-state index contributed by atoms with van der Waals surface area (Å²) >= 11 is 0. The second kappa shape index (κ2) is 7.22. The number of aryl methyl sites for hydroxylation is 1. The molecule has 21 heavy (non-hydrogen) atoms. The Balaban J connectivity index is 1.92. The number of nitrogens with one attached hydrogen (secondary N) is 3. The largest absolute Gasteiger partial charge is 0.352 e. The van der Waals surface area contributed by atoms with Gasteiger partial charge in [-0.3, -0.25) is 9.59 Å². The molecule has 1 saturated carbocycles. The van der Waals surface area contributed by atoms with Crippen molar-refractivity contribution in [2.24, 2.45) is 0 Å². The third-order valence-corrected chi connectivity index (χ3v) is 3.47. The van der Waals surface area contributed by atoms with Crippen molar-refractivity contribution < 1.29 is 9.59 Å². The molecule has 0 aliphatic heterocycles. The SMILES string of the molecule is CCNC(=O)c1ccc(C)c(NC(=O)CCNC2CC2)c1. The molecule has 1 fully saturated rings. The Morgan fingerprint density at radius 1 is 1.29 bits per heavy atom. The highest BCUT2D eigenvalue weighted by atomic mass is 16.2. The third-order valence-electron chi connectivity index (χ3n) is 3.47. The van der Waals surface area contributed by atoms with Gasteiger partial charge in [0.25, 0.3) is 5.91 Å². The predicted molar refractivity (Wildman–Crippen MR) is 83.5 cm³/mol. The van der Waals surface area contributed by atoms with Crippen molar-refractivity contribution >= 4 is 17.5 Å². The molecular weight excluding hydrogens is 266 g/mol. The highest BCUT2D eigenvalue weighted by Gasteiger charge is 2.20. The monoisotopic (exact) mass is 289 g/mol. The van der Waals surface area contributed by atoms with Crippen molar-refractivity contribution in [2.75, 3.05) is 18.4 Å². The minimum absolute atomic E-state index is 0.0284. The first-order valence-electron chi connectivity index (χ1n) is 7.52. The number of benzene rings is 1. The number of anilines is 1. The molecule has 0 atom stereocenters. The number of hydrogen-bond donors (Lipinski definition) is 3. The van der Waals surface area contributed by atoms with Crippen molar-refractivity contribution in [2.45, 2.75) is 39.2 Å². The lowest BCUT2D eigenvalue weighted by Gasteiger charge is -2.11. The van der Waals surface area contributed by atoms with Gasteiger partial charge in [-0.05, 0) is 44.4 Å². The molecule has 2 rings (SSSR count). The van der Waals surface area contributed by atoms with Gasteiger partial charge in [-0.25, -0.2) is 0 Å². The molecule has 1 aliphatic rings. The topological polar surface area (TPSA) is 70.2 Å². The molecule has 0 radical (unpaired) electrons. The minimum atomic E-state index is -0.122. The summed E-state index contributed by atoms with van der Waals surface area (Å²) in [6.45, 7) is 5.08. The van der Waals surface area contributed by atoms with Crippen LogP contribution in [0, 0.1) is 6.92 Å². The van der Waals surface area contributed by atoms with Crippen molar-refractivity contribution in [1.29, 1.82) is 0 Å². The average Bonchev–Trinajstić information content (AvgIpc) is 3.25. The van der Waals surface area contributed by atoms with Gasteiger partial charge in [0.05, 0.1) is 0 Å². The van der Waals surface area contributed by atoms with E-state index in [2.05, 4.69) is 16.0 Å². The van der Waals surface area contributed by atoms with Crippen LogP contribution in [0.2, 0.25) is 0 Å². The molecule has 5 nitrogen and oxygen atoms in total. The van der Waals surface area contributed by atoms with Gasteiger partial charge in [0.2, 0.25) is 5.91 Å². The minimum Gasteiger partial charge on any atom is -0.352 e. The quantitative estimate of drug-likeness (QED) is 0.717. The van der Waals surface area contributed by atoms with Gasteiger partial charge in [0, 0.05) is 36.8 Å². The summed E-state index contributed by atoms with van der Waals surface area (Å²) < 4.78 is 0. The standard InChI is InChI=1S/C16H23N3O2/c1-3-17-16(21)12-5-4-11(2)14(10-12)19-15(20)8-9-18-13-6-7-13/h4-5,10,13,18H,3,6-9H2,1-2H3,(H,17,21)(H,19,20). The average molecular weight is 289 g/mol. The zero-order valence-electron chi connectivity index (χ0n) is 12.7. The summed E-state index contributed by atoms with van der Waals surface area (Å²) in [6.07, 6.45) is 2.88. The molecule has 0 saturated heterocycles. The zero-order chi connectivity index (χ0) is 15.2. The molecule has 0 bridgehead atoms. The van der Waals surface area contributed by atoms with Crippen LogP contribution >= 0.6 is 0 Å². The van der Waals surface area contributed by atoms with Crippen molar-refractivity contribution in [3.8, 4) is 0 Å². The second-order valence-electron chi connectivity index (χ2n) is 5.42. The maximum atomic E-state index is 11.9. The van der Waals surface area contributed by atoms with E-state index in [1.807, 2.05) is 19.9 Å². The van der Waals surface area contributed by atoms with Crippen LogP contribution in [0.3, 0.4) is 0 Å². The Morgan fingerprint density at radius 3 is 2.71 bits per heavy atom. The van der Waals surface area contributed by atoms with E-state index < -0.39 is 0 Å². The summed E-state index contributed by atoms with van der Waals surface area (Å²) in [6, 6.07) is 5.96. The van der Waals surface area contributed by atoms with E-state index in [4.69, 9.17) is 0 Å². The second-order valence-corrected chi connectivity index (χ2v) is 5.42. The molecular formula is C16H23N3O2. The van der Waals surface area contributed by atoms with Crippen LogP contribution in [0.25, 0.3) is 0 Å². The fraction of sp³-hybridized carbons (Fsp3) is 0.500. The van der Waals surface area contributed by atoms with Gasteiger partial charge < -0.3 is 16.0 Å². The molecule has 0 heterocycles. The lowest BCUT2D eigenvalue weighted by atomic mass is 10.1. The van der Waals surface area contributed by atoms with E-state index in [1.165, 1.54) is 12.8 Å². The molecule has 0 spiro atoms. The highest BCUT2D eigenvalue weighted by molar-refractivity contribution is 5.97. The zero-order valence-corrected chi connectivity index (χ0v) is 12.7. The van der Waals surface area contributed by atoms with E-state index in [9.17, 15) is 9.59 Å². The van der Waals surface area contributed by atoms with Gasteiger partial charge >= 0.3 is 0 Å².